The third kappa shape index (κ3) is 5.05. The lowest BCUT2D eigenvalue weighted by molar-refractivity contribution is 0.284. The largest absolute Gasteiger partial charge is 0.316 e. The van der Waals surface area contributed by atoms with Crippen LogP contribution in [0, 0.1) is 11.6 Å². The number of benzene rings is 4. The zero-order chi connectivity index (χ0) is 24.5. The smallest absolute Gasteiger partial charge is 0.185 e. The summed E-state index contributed by atoms with van der Waals surface area (Å²) in [6.07, 6.45) is 3.35. The lowest BCUT2D eigenvalue weighted by Gasteiger charge is -2.43. The molecule has 1 fully saturated rings. The van der Waals surface area contributed by atoms with E-state index >= 15 is 0 Å². The average molecular weight is 578 g/mol. The quantitative estimate of drug-likeness (QED) is 0.194. The molecule has 0 N–H and O–H groups in total. The molecule has 0 bridgehead atoms. The van der Waals surface area contributed by atoms with Crippen LogP contribution in [0.25, 0.3) is 10.8 Å². The van der Waals surface area contributed by atoms with Crippen LogP contribution >= 0.6 is 28.3 Å². The number of fused-ring (bicyclic) bond motifs is 1. The second-order valence-corrected chi connectivity index (χ2v) is 10.4. The summed E-state index contributed by atoms with van der Waals surface area (Å²) in [5.74, 6) is -0.479. The highest BCUT2D eigenvalue weighted by Gasteiger charge is 2.43. The molecule has 0 aliphatic heterocycles. The maximum absolute atomic E-state index is 13.6. The molecule has 0 spiro atoms. The molecule has 1 aliphatic carbocycles. The summed E-state index contributed by atoms with van der Waals surface area (Å²) in [7, 11) is 0. The highest BCUT2D eigenvalue weighted by Crippen LogP contribution is 2.49. The number of nitrogens with zero attached hydrogens (tertiary/aromatic N) is 2. The second-order valence-electron chi connectivity index (χ2n) is 9.56. The Hall–Kier alpha value is -3.09. The number of hydrogen-bond acceptors (Lipinski definition) is 2. The summed E-state index contributed by atoms with van der Waals surface area (Å²) in [5.41, 5.74) is 4.53. The van der Waals surface area contributed by atoms with Crippen LogP contribution in [0.3, 0.4) is 0 Å². The molecule has 6 heteroatoms. The first kappa shape index (κ1) is 25.6. The molecule has 1 heterocycles. The molecule has 1 saturated carbocycles. The van der Waals surface area contributed by atoms with E-state index in [0.29, 0.717) is 13.1 Å². The Morgan fingerprint density at radius 3 is 2.08 bits per heavy atom. The highest BCUT2D eigenvalue weighted by molar-refractivity contribution is 8.93. The highest BCUT2D eigenvalue weighted by atomic mass is 79.9. The van der Waals surface area contributed by atoms with Crippen molar-refractivity contribution in [2.24, 2.45) is 4.99 Å². The zero-order valence-electron chi connectivity index (χ0n) is 20.2. The fraction of sp³-hybridized carbons (Fsp3) is 0.194. The van der Waals surface area contributed by atoms with Gasteiger partial charge in [0.15, 0.2) is 4.80 Å². The van der Waals surface area contributed by atoms with Crippen molar-refractivity contribution >= 4 is 39.1 Å². The number of thiazole rings is 1. The van der Waals surface area contributed by atoms with E-state index in [-0.39, 0.29) is 34.0 Å². The predicted octanol–water partition coefficient (Wildman–Crippen LogP) is 8.18. The molecule has 0 atom stereocenters. The van der Waals surface area contributed by atoms with Crippen molar-refractivity contribution < 1.29 is 8.78 Å². The average Bonchev–Trinajstić information content (AvgIpc) is 3.26. The van der Waals surface area contributed by atoms with Gasteiger partial charge in [-0.3, -0.25) is 4.99 Å². The maximum Gasteiger partial charge on any atom is 0.185 e. The van der Waals surface area contributed by atoms with Crippen LogP contribution in [-0.2, 0) is 18.5 Å². The van der Waals surface area contributed by atoms with Gasteiger partial charge in [-0.15, -0.1) is 28.3 Å². The summed E-state index contributed by atoms with van der Waals surface area (Å²) < 4.78 is 29.3. The van der Waals surface area contributed by atoms with Gasteiger partial charge in [-0.25, -0.2) is 8.78 Å². The van der Waals surface area contributed by atoms with E-state index in [9.17, 15) is 8.78 Å². The molecule has 0 saturated heterocycles. The molecule has 37 heavy (non-hydrogen) atoms. The molecule has 5 aromatic rings. The van der Waals surface area contributed by atoms with Gasteiger partial charge in [0.1, 0.15) is 11.6 Å². The Morgan fingerprint density at radius 2 is 1.43 bits per heavy atom. The third-order valence-corrected chi connectivity index (χ3v) is 8.26. The molecule has 1 aromatic heterocycles. The molecule has 4 aromatic carbocycles. The van der Waals surface area contributed by atoms with E-state index in [1.165, 1.54) is 52.7 Å². The molecule has 0 radical (unpaired) electrons. The molecule has 188 valence electrons. The second kappa shape index (κ2) is 10.7. The summed E-state index contributed by atoms with van der Waals surface area (Å²) in [6, 6.07) is 28.5. The van der Waals surface area contributed by atoms with Gasteiger partial charge in [0.25, 0.3) is 0 Å². The van der Waals surface area contributed by atoms with Gasteiger partial charge in [-0.1, -0.05) is 73.2 Å². The van der Waals surface area contributed by atoms with Crippen molar-refractivity contribution in [3.8, 4) is 0 Å². The van der Waals surface area contributed by atoms with Crippen LogP contribution in [0.2, 0.25) is 0 Å². The lowest BCUT2D eigenvalue weighted by atomic mass is 9.62. The van der Waals surface area contributed by atoms with Gasteiger partial charge in [0.05, 0.1) is 13.1 Å². The van der Waals surface area contributed by atoms with Gasteiger partial charge < -0.3 is 4.57 Å². The fourth-order valence-corrected chi connectivity index (χ4v) is 6.22. The Kier molecular flexibility index (Phi) is 7.40. The summed E-state index contributed by atoms with van der Waals surface area (Å²) in [4.78, 5) is 5.86. The van der Waals surface area contributed by atoms with Crippen LogP contribution in [0.1, 0.15) is 41.6 Å². The minimum absolute atomic E-state index is 0. The molecule has 6 rings (SSSR count). The van der Waals surface area contributed by atoms with Crippen LogP contribution < -0.4 is 4.80 Å². The minimum atomic E-state index is -0.245. The van der Waals surface area contributed by atoms with E-state index in [4.69, 9.17) is 4.99 Å². The molecular formula is C31H27BrF2N2S. The Balaban J connectivity index is 0.00000280. The monoisotopic (exact) mass is 576 g/mol. The normalized spacial score (nSPS) is 14.8. The zero-order valence-corrected chi connectivity index (χ0v) is 22.8. The maximum atomic E-state index is 13.6. The summed E-state index contributed by atoms with van der Waals surface area (Å²) >= 11 is 1.64. The molecular weight excluding hydrogens is 550 g/mol. The first-order chi connectivity index (χ1) is 17.6. The van der Waals surface area contributed by atoms with E-state index in [0.717, 1.165) is 28.8 Å². The van der Waals surface area contributed by atoms with Gasteiger partial charge >= 0.3 is 0 Å². The van der Waals surface area contributed by atoms with Gasteiger partial charge in [0, 0.05) is 16.5 Å². The first-order valence-corrected chi connectivity index (χ1v) is 13.2. The Morgan fingerprint density at radius 1 is 0.784 bits per heavy atom. The van der Waals surface area contributed by atoms with Crippen molar-refractivity contribution in [1.29, 1.82) is 0 Å². The van der Waals surface area contributed by atoms with E-state index in [1.54, 1.807) is 23.5 Å². The molecule has 1 aliphatic rings. The van der Waals surface area contributed by atoms with Gasteiger partial charge in [0.2, 0.25) is 0 Å². The van der Waals surface area contributed by atoms with Crippen molar-refractivity contribution in [3.05, 3.63) is 135 Å². The van der Waals surface area contributed by atoms with Crippen LogP contribution in [-0.4, -0.2) is 4.57 Å². The lowest BCUT2D eigenvalue weighted by Crippen LogP contribution is -2.39. The topological polar surface area (TPSA) is 17.3 Å². The van der Waals surface area contributed by atoms with Crippen molar-refractivity contribution in [3.63, 3.8) is 0 Å². The minimum Gasteiger partial charge on any atom is -0.316 e. The SMILES string of the molecule is Br.Fc1ccc(CN=c2scc(C3(c4ccc5ccccc5c4)CCC3)n2Cc2ccc(F)cc2)cc1. The van der Waals surface area contributed by atoms with Crippen LogP contribution in [0.15, 0.2) is 101 Å². The van der Waals surface area contributed by atoms with Crippen molar-refractivity contribution in [1.82, 2.24) is 4.57 Å². The summed E-state index contributed by atoms with van der Waals surface area (Å²) in [5, 5.41) is 4.75. The standard InChI is InChI=1S/C31H26F2N2S.BrH/c32-27-12-6-22(7-13-27)19-34-30-35(20-23-8-14-28(33)15-9-23)29(21-36-30)31(16-3-17-31)26-11-10-24-4-1-2-5-25(24)18-26;/h1-2,4-15,18,21H,3,16-17,19-20H2;1H. The van der Waals surface area contributed by atoms with E-state index in [2.05, 4.69) is 52.4 Å². The van der Waals surface area contributed by atoms with Crippen LogP contribution in [0.5, 0.6) is 0 Å². The van der Waals surface area contributed by atoms with Crippen LogP contribution in [0.4, 0.5) is 8.78 Å². The fourth-order valence-electron chi connectivity index (χ4n) is 5.22. The number of halogens is 3. The first-order valence-electron chi connectivity index (χ1n) is 12.3. The predicted molar refractivity (Wildman–Crippen MR) is 152 cm³/mol. The van der Waals surface area contributed by atoms with Gasteiger partial charge in [-0.05, 0) is 64.6 Å². The third-order valence-electron chi connectivity index (χ3n) is 7.36. The van der Waals surface area contributed by atoms with Crippen molar-refractivity contribution in [2.45, 2.75) is 37.8 Å². The van der Waals surface area contributed by atoms with Crippen molar-refractivity contribution in [2.75, 3.05) is 0 Å². The van der Waals surface area contributed by atoms with E-state index in [1.807, 2.05) is 12.1 Å². The number of aromatic nitrogens is 1. The van der Waals surface area contributed by atoms with E-state index < -0.39 is 0 Å². The summed E-state index contributed by atoms with van der Waals surface area (Å²) in [6.45, 7) is 1.10. The molecule has 0 unspecified atom stereocenters. The number of hydrogen-bond donors (Lipinski definition) is 0. The molecule has 2 nitrogen and oxygen atoms in total. The molecule has 0 amide bonds. The number of rotatable bonds is 6. The Labute approximate surface area is 229 Å². The Bertz CT molecular complexity index is 1580. The van der Waals surface area contributed by atoms with Gasteiger partial charge in [-0.2, -0.15) is 0 Å².